The van der Waals surface area contributed by atoms with E-state index in [9.17, 15) is 4.79 Å². The molecule has 6 nitrogen and oxygen atoms in total. The van der Waals surface area contributed by atoms with Crippen LogP contribution in [-0.4, -0.2) is 45.9 Å². The summed E-state index contributed by atoms with van der Waals surface area (Å²) in [5, 5.41) is 4.18. The van der Waals surface area contributed by atoms with Crippen LogP contribution in [-0.2, 0) is 11.8 Å². The first-order valence-electron chi connectivity index (χ1n) is 6.88. The molecule has 104 valence electrons. The van der Waals surface area contributed by atoms with Crippen LogP contribution in [0, 0.1) is 0 Å². The van der Waals surface area contributed by atoms with Crippen LogP contribution in [0.4, 0.5) is 5.69 Å². The first-order chi connectivity index (χ1) is 9.16. The SMILES string of the molecule is Cn1cc(N)c(C(=O)N2CCOC3CCCCC32)n1. The van der Waals surface area contributed by atoms with Crippen LogP contribution in [0.25, 0.3) is 0 Å². The van der Waals surface area contributed by atoms with E-state index in [2.05, 4.69) is 5.10 Å². The second-order valence-electron chi connectivity index (χ2n) is 5.37. The molecule has 1 amide bonds. The van der Waals surface area contributed by atoms with Crippen LogP contribution in [0.5, 0.6) is 0 Å². The highest BCUT2D eigenvalue weighted by Gasteiger charge is 2.38. The Balaban J connectivity index is 1.83. The minimum Gasteiger partial charge on any atom is -0.396 e. The van der Waals surface area contributed by atoms with Crippen LogP contribution in [0.1, 0.15) is 36.2 Å². The molecule has 0 aromatic carbocycles. The number of amides is 1. The molecule has 6 heteroatoms. The lowest BCUT2D eigenvalue weighted by Crippen LogP contribution is -2.55. The monoisotopic (exact) mass is 264 g/mol. The topological polar surface area (TPSA) is 73.4 Å². The van der Waals surface area contributed by atoms with Crippen LogP contribution in [0.2, 0.25) is 0 Å². The Hall–Kier alpha value is -1.56. The zero-order valence-corrected chi connectivity index (χ0v) is 11.2. The van der Waals surface area contributed by atoms with E-state index in [1.54, 1.807) is 17.9 Å². The largest absolute Gasteiger partial charge is 0.396 e. The number of nitrogens with two attached hydrogens (primary N) is 1. The van der Waals surface area contributed by atoms with Crippen molar-refractivity contribution in [1.82, 2.24) is 14.7 Å². The van der Waals surface area contributed by atoms with Crippen molar-refractivity contribution in [3.8, 4) is 0 Å². The summed E-state index contributed by atoms with van der Waals surface area (Å²) in [4.78, 5) is 14.5. The third kappa shape index (κ3) is 2.20. The molecule has 0 spiro atoms. The number of ether oxygens (including phenoxy) is 1. The number of morpholine rings is 1. The number of carbonyl (C=O) groups is 1. The van der Waals surface area contributed by atoms with Crippen LogP contribution >= 0.6 is 0 Å². The normalized spacial score (nSPS) is 27.1. The molecule has 2 aliphatic rings. The Labute approximate surface area is 112 Å². The van der Waals surface area contributed by atoms with Crippen molar-refractivity contribution in [3.63, 3.8) is 0 Å². The highest BCUT2D eigenvalue weighted by Crippen LogP contribution is 2.29. The second kappa shape index (κ2) is 4.85. The summed E-state index contributed by atoms with van der Waals surface area (Å²) in [7, 11) is 1.77. The Morgan fingerprint density at radius 2 is 2.26 bits per heavy atom. The maximum absolute atomic E-state index is 12.6. The maximum Gasteiger partial charge on any atom is 0.276 e. The van der Waals surface area contributed by atoms with Gasteiger partial charge in [-0.15, -0.1) is 0 Å². The third-order valence-electron chi connectivity index (χ3n) is 4.05. The Kier molecular flexibility index (Phi) is 3.18. The van der Waals surface area contributed by atoms with Crippen molar-refractivity contribution in [2.45, 2.75) is 37.8 Å². The van der Waals surface area contributed by atoms with E-state index in [0.29, 0.717) is 24.5 Å². The number of carbonyl (C=O) groups excluding carboxylic acids is 1. The quantitative estimate of drug-likeness (QED) is 0.813. The zero-order valence-electron chi connectivity index (χ0n) is 11.2. The van der Waals surface area contributed by atoms with Crippen molar-refractivity contribution < 1.29 is 9.53 Å². The van der Waals surface area contributed by atoms with Crippen molar-refractivity contribution >= 4 is 11.6 Å². The average Bonchev–Trinajstić information content (AvgIpc) is 2.76. The predicted octanol–water partition coefficient (Wildman–Crippen LogP) is 0.786. The van der Waals surface area contributed by atoms with E-state index in [0.717, 1.165) is 19.3 Å². The summed E-state index contributed by atoms with van der Waals surface area (Å²) in [5.41, 5.74) is 6.67. The molecule has 0 radical (unpaired) electrons. The molecule has 1 aliphatic heterocycles. The van der Waals surface area contributed by atoms with Gasteiger partial charge in [-0.25, -0.2) is 0 Å². The molecule has 2 heterocycles. The Bertz CT molecular complexity index is 483. The van der Waals surface area contributed by atoms with Gasteiger partial charge in [-0.3, -0.25) is 9.48 Å². The summed E-state index contributed by atoms with van der Waals surface area (Å²) in [5.74, 6) is -0.0571. The maximum atomic E-state index is 12.6. The molecule has 1 saturated carbocycles. The van der Waals surface area contributed by atoms with Crippen LogP contribution in [0.15, 0.2) is 6.20 Å². The van der Waals surface area contributed by atoms with Crippen LogP contribution < -0.4 is 5.73 Å². The molecule has 1 saturated heterocycles. The summed E-state index contributed by atoms with van der Waals surface area (Å²) in [6, 6.07) is 0.191. The Morgan fingerprint density at radius 3 is 3.00 bits per heavy atom. The fourth-order valence-electron chi connectivity index (χ4n) is 3.16. The number of hydrogen-bond acceptors (Lipinski definition) is 4. The average molecular weight is 264 g/mol. The molecule has 1 aromatic rings. The minimum absolute atomic E-state index is 0.0571. The second-order valence-corrected chi connectivity index (χ2v) is 5.37. The van der Waals surface area contributed by atoms with Gasteiger partial charge >= 0.3 is 0 Å². The van der Waals surface area contributed by atoms with Crippen molar-refractivity contribution in [2.75, 3.05) is 18.9 Å². The number of nitrogen functional groups attached to an aromatic ring is 1. The summed E-state index contributed by atoms with van der Waals surface area (Å²) in [6.45, 7) is 1.25. The summed E-state index contributed by atoms with van der Waals surface area (Å²) >= 11 is 0. The lowest BCUT2D eigenvalue weighted by molar-refractivity contribution is -0.0754. The number of aromatic nitrogens is 2. The van der Waals surface area contributed by atoms with E-state index in [-0.39, 0.29) is 18.1 Å². The molecule has 2 unspecified atom stereocenters. The van der Waals surface area contributed by atoms with Crippen molar-refractivity contribution in [2.24, 2.45) is 7.05 Å². The molecule has 3 rings (SSSR count). The summed E-state index contributed by atoms with van der Waals surface area (Å²) in [6.07, 6.45) is 6.28. The minimum atomic E-state index is -0.0571. The van der Waals surface area contributed by atoms with Gasteiger partial charge in [-0.2, -0.15) is 5.10 Å². The number of fused-ring (bicyclic) bond motifs is 1. The first kappa shape index (κ1) is 12.5. The number of anilines is 1. The highest BCUT2D eigenvalue weighted by molar-refractivity contribution is 5.97. The number of aryl methyl sites for hydroxylation is 1. The van der Waals surface area contributed by atoms with E-state index < -0.39 is 0 Å². The standard InChI is InChI=1S/C13H20N4O2/c1-16-8-9(14)12(15-16)13(18)17-6-7-19-11-5-3-2-4-10(11)17/h8,10-11H,2-7,14H2,1H3. The van der Waals surface area contributed by atoms with Gasteiger partial charge in [0.2, 0.25) is 0 Å². The van der Waals surface area contributed by atoms with Crippen molar-refractivity contribution in [1.29, 1.82) is 0 Å². The smallest absolute Gasteiger partial charge is 0.276 e. The van der Waals surface area contributed by atoms with Crippen molar-refractivity contribution in [3.05, 3.63) is 11.9 Å². The van der Waals surface area contributed by atoms with Gasteiger partial charge in [-0.1, -0.05) is 12.8 Å². The molecule has 2 N–H and O–H groups in total. The Morgan fingerprint density at radius 1 is 1.47 bits per heavy atom. The van der Waals surface area contributed by atoms with Gasteiger partial charge in [0.1, 0.15) is 0 Å². The van der Waals surface area contributed by atoms with E-state index in [4.69, 9.17) is 10.5 Å². The molecule has 19 heavy (non-hydrogen) atoms. The predicted molar refractivity (Wildman–Crippen MR) is 70.7 cm³/mol. The molecule has 1 aromatic heterocycles. The lowest BCUT2D eigenvalue weighted by Gasteiger charge is -2.43. The molecule has 2 fully saturated rings. The molecular weight excluding hydrogens is 244 g/mol. The third-order valence-corrected chi connectivity index (χ3v) is 4.05. The highest BCUT2D eigenvalue weighted by atomic mass is 16.5. The first-order valence-corrected chi connectivity index (χ1v) is 6.88. The molecule has 0 bridgehead atoms. The number of rotatable bonds is 1. The van der Waals surface area contributed by atoms with Gasteiger partial charge in [0.15, 0.2) is 5.69 Å². The zero-order chi connectivity index (χ0) is 13.4. The molecular formula is C13H20N4O2. The molecule has 2 atom stereocenters. The van der Waals surface area contributed by atoms with Gasteiger partial charge in [0, 0.05) is 19.8 Å². The summed E-state index contributed by atoms with van der Waals surface area (Å²) < 4.78 is 7.37. The van der Waals surface area contributed by atoms with Gasteiger partial charge in [-0.05, 0) is 12.8 Å². The fourth-order valence-corrected chi connectivity index (χ4v) is 3.16. The number of nitrogens with zero attached hydrogens (tertiary/aromatic N) is 3. The van der Waals surface area contributed by atoms with Gasteiger partial charge < -0.3 is 15.4 Å². The van der Waals surface area contributed by atoms with Gasteiger partial charge in [0.05, 0.1) is 24.4 Å². The lowest BCUT2D eigenvalue weighted by atomic mass is 9.90. The van der Waals surface area contributed by atoms with Gasteiger partial charge in [0.25, 0.3) is 5.91 Å². The van der Waals surface area contributed by atoms with Crippen LogP contribution in [0.3, 0.4) is 0 Å². The van der Waals surface area contributed by atoms with E-state index in [1.807, 2.05) is 4.90 Å². The number of hydrogen-bond donors (Lipinski definition) is 1. The molecule has 1 aliphatic carbocycles. The van der Waals surface area contributed by atoms with E-state index in [1.165, 1.54) is 6.42 Å². The fraction of sp³-hybridized carbons (Fsp3) is 0.692. The van der Waals surface area contributed by atoms with E-state index >= 15 is 0 Å².